The summed E-state index contributed by atoms with van der Waals surface area (Å²) in [6.45, 7) is 2.86. The van der Waals surface area contributed by atoms with Gasteiger partial charge in [-0.05, 0) is 38.0 Å². The highest BCUT2D eigenvalue weighted by molar-refractivity contribution is 5.97. The average Bonchev–Trinajstić information content (AvgIpc) is 2.64. The highest BCUT2D eigenvalue weighted by Gasteiger charge is 2.29. The number of benzene rings is 1. The predicted octanol–water partition coefficient (Wildman–Crippen LogP) is 2.09. The molecule has 1 aliphatic rings. The standard InChI is InChI=1S/C19H21FN2O4/c1-3-26-19(25)12-6-8-22(9-7-12)18(24)15-11-21(2)16-5-4-13(20)10-14(16)17(15)23/h4-5,10-12H,3,6-9H2,1-2H3. The number of likely N-dealkylation sites (tertiary alicyclic amines) is 1. The topological polar surface area (TPSA) is 68.6 Å². The molecule has 6 nitrogen and oxygen atoms in total. The molecule has 0 N–H and O–H groups in total. The molecular formula is C19H21FN2O4. The van der Waals surface area contributed by atoms with E-state index in [4.69, 9.17) is 4.74 Å². The third-order valence-corrected chi connectivity index (χ3v) is 4.78. The minimum Gasteiger partial charge on any atom is -0.466 e. The molecule has 1 amide bonds. The van der Waals surface area contributed by atoms with Crippen molar-refractivity contribution >= 4 is 22.8 Å². The van der Waals surface area contributed by atoms with Crippen LogP contribution in [0, 0.1) is 11.7 Å². The number of esters is 1. The van der Waals surface area contributed by atoms with Crippen LogP contribution in [0.4, 0.5) is 4.39 Å². The van der Waals surface area contributed by atoms with E-state index < -0.39 is 11.2 Å². The molecule has 0 radical (unpaired) electrons. The van der Waals surface area contributed by atoms with Crippen molar-refractivity contribution in [2.45, 2.75) is 19.8 Å². The van der Waals surface area contributed by atoms with Gasteiger partial charge in [-0.25, -0.2) is 4.39 Å². The molecule has 0 spiro atoms. The molecule has 1 aromatic carbocycles. The van der Waals surface area contributed by atoms with Crippen LogP contribution in [0.25, 0.3) is 10.9 Å². The SMILES string of the molecule is CCOC(=O)C1CCN(C(=O)c2cn(C)c3ccc(F)cc3c2=O)CC1. The fourth-order valence-electron chi connectivity index (χ4n) is 3.37. The fourth-order valence-corrected chi connectivity index (χ4v) is 3.37. The van der Waals surface area contributed by atoms with E-state index in [-0.39, 0.29) is 28.7 Å². The van der Waals surface area contributed by atoms with Crippen LogP contribution in [0.5, 0.6) is 0 Å². The van der Waals surface area contributed by atoms with E-state index in [1.807, 2.05) is 0 Å². The fraction of sp³-hybridized carbons (Fsp3) is 0.421. The number of aromatic nitrogens is 1. The Morgan fingerprint density at radius 2 is 1.96 bits per heavy atom. The number of hydrogen-bond donors (Lipinski definition) is 0. The Morgan fingerprint density at radius 3 is 2.62 bits per heavy atom. The van der Waals surface area contributed by atoms with Crippen molar-refractivity contribution in [2.24, 2.45) is 13.0 Å². The summed E-state index contributed by atoms with van der Waals surface area (Å²) in [6, 6.07) is 3.95. The summed E-state index contributed by atoms with van der Waals surface area (Å²) < 4.78 is 20.2. The van der Waals surface area contributed by atoms with E-state index in [0.29, 0.717) is 38.1 Å². The number of carbonyl (C=O) groups is 2. The highest BCUT2D eigenvalue weighted by Crippen LogP contribution is 2.20. The number of pyridine rings is 1. The van der Waals surface area contributed by atoms with Crippen LogP contribution in [0.15, 0.2) is 29.2 Å². The molecule has 3 rings (SSSR count). The summed E-state index contributed by atoms with van der Waals surface area (Å²) in [5.41, 5.74) is 0.101. The second-order valence-corrected chi connectivity index (χ2v) is 6.46. The van der Waals surface area contributed by atoms with Gasteiger partial charge in [0.25, 0.3) is 5.91 Å². The lowest BCUT2D eigenvalue weighted by Gasteiger charge is -2.30. The molecule has 0 aliphatic carbocycles. The summed E-state index contributed by atoms with van der Waals surface area (Å²) in [5, 5.41) is 0.180. The monoisotopic (exact) mass is 360 g/mol. The number of ether oxygens (including phenoxy) is 1. The summed E-state index contributed by atoms with van der Waals surface area (Å²) in [6.07, 6.45) is 2.50. The van der Waals surface area contributed by atoms with Crippen LogP contribution in [0.1, 0.15) is 30.1 Å². The Balaban J connectivity index is 1.84. The smallest absolute Gasteiger partial charge is 0.309 e. The first-order valence-corrected chi connectivity index (χ1v) is 8.67. The van der Waals surface area contributed by atoms with E-state index in [1.165, 1.54) is 18.3 Å². The molecule has 138 valence electrons. The number of nitrogens with zero attached hydrogens (tertiary/aromatic N) is 2. The van der Waals surface area contributed by atoms with Crippen LogP contribution >= 0.6 is 0 Å². The highest BCUT2D eigenvalue weighted by atomic mass is 19.1. The van der Waals surface area contributed by atoms with E-state index in [9.17, 15) is 18.8 Å². The number of amides is 1. The Kier molecular flexibility index (Phi) is 5.06. The number of piperidine rings is 1. The van der Waals surface area contributed by atoms with Gasteiger partial charge in [-0.3, -0.25) is 14.4 Å². The molecule has 0 saturated carbocycles. The lowest BCUT2D eigenvalue weighted by atomic mass is 9.96. The number of aryl methyl sites for hydroxylation is 1. The molecule has 0 unspecified atom stereocenters. The Morgan fingerprint density at radius 1 is 1.27 bits per heavy atom. The quantitative estimate of drug-likeness (QED) is 0.786. The molecule has 1 aliphatic heterocycles. The number of carbonyl (C=O) groups excluding carboxylic acids is 2. The normalized spacial score (nSPS) is 15.3. The van der Waals surface area contributed by atoms with Gasteiger partial charge in [-0.15, -0.1) is 0 Å². The van der Waals surface area contributed by atoms with Crippen LogP contribution in [0.3, 0.4) is 0 Å². The van der Waals surface area contributed by atoms with E-state index >= 15 is 0 Å². The van der Waals surface area contributed by atoms with Crippen molar-refractivity contribution in [3.63, 3.8) is 0 Å². The summed E-state index contributed by atoms with van der Waals surface area (Å²) in [5.74, 6) is -1.36. The summed E-state index contributed by atoms with van der Waals surface area (Å²) in [7, 11) is 1.71. The number of rotatable bonds is 3. The molecule has 2 heterocycles. The van der Waals surface area contributed by atoms with E-state index in [0.717, 1.165) is 6.07 Å². The zero-order valence-electron chi connectivity index (χ0n) is 14.8. The van der Waals surface area contributed by atoms with Gasteiger partial charge in [0.1, 0.15) is 11.4 Å². The van der Waals surface area contributed by atoms with Crippen molar-refractivity contribution in [1.82, 2.24) is 9.47 Å². The second-order valence-electron chi connectivity index (χ2n) is 6.46. The van der Waals surface area contributed by atoms with Crippen molar-refractivity contribution < 1.29 is 18.7 Å². The van der Waals surface area contributed by atoms with Gasteiger partial charge in [0.15, 0.2) is 0 Å². The first-order chi connectivity index (χ1) is 12.4. The van der Waals surface area contributed by atoms with E-state index in [1.54, 1.807) is 23.4 Å². The van der Waals surface area contributed by atoms with Crippen molar-refractivity contribution in [3.8, 4) is 0 Å². The third kappa shape index (κ3) is 3.34. The molecule has 26 heavy (non-hydrogen) atoms. The third-order valence-electron chi connectivity index (χ3n) is 4.78. The molecule has 0 atom stereocenters. The summed E-state index contributed by atoms with van der Waals surface area (Å²) >= 11 is 0. The lowest BCUT2D eigenvalue weighted by Crippen LogP contribution is -2.42. The zero-order valence-corrected chi connectivity index (χ0v) is 14.8. The number of halogens is 1. The van der Waals surface area contributed by atoms with Gasteiger partial charge in [0.05, 0.1) is 18.0 Å². The maximum Gasteiger partial charge on any atom is 0.309 e. The number of fused-ring (bicyclic) bond motifs is 1. The zero-order chi connectivity index (χ0) is 18.8. The van der Waals surface area contributed by atoms with Gasteiger partial charge in [-0.2, -0.15) is 0 Å². The maximum atomic E-state index is 13.5. The molecular weight excluding hydrogens is 339 g/mol. The Bertz CT molecular complexity index is 914. The Hall–Kier alpha value is -2.70. The predicted molar refractivity (Wildman–Crippen MR) is 94.4 cm³/mol. The molecule has 0 bridgehead atoms. The molecule has 7 heteroatoms. The van der Waals surface area contributed by atoms with Crippen LogP contribution < -0.4 is 5.43 Å². The molecule has 1 fully saturated rings. The molecule has 1 saturated heterocycles. The van der Waals surface area contributed by atoms with Crippen LogP contribution in [-0.2, 0) is 16.6 Å². The van der Waals surface area contributed by atoms with E-state index in [2.05, 4.69) is 0 Å². The molecule has 2 aromatic rings. The van der Waals surface area contributed by atoms with Gasteiger partial charge < -0.3 is 14.2 Å². The maximum absolute atomic E-state index is 13.5. The Labute approximate surface area is 150 Å². The van der Waals surface area contributed by atoms with Gasteiger partial charge in [0, 0.05) is 31.7 Å². The average molecular weight is 360 g/mol. The lowest BCUT2D eigenvalue weighted by molar-refractivity contribution is -0.149. The van der Waals surface area contributed by atoms with Crippen molar-refractivity contribution in [2.75, 3.05) is 19.7 Å². The largest absolute Gasteiger partial charge is 0.466 e. The molecule has 1 aromatic heterocycles. The minimum atomic E-state index is -0.519. The van der Waals surface area contributed by atoms with Crippen LogP contribution in [0.2, 0.25) is 0 Å². The van der Waals surface area contributed by atoms with Gasteiger partial charge >= 0.3 is 5.97 Å². The van der Waals surface area contributed by atoms with Crippen molar-refractivity contribution in [3.05, 3.63) is 46.0 Å². The minimum absolute atomic E-state index is 0.0141. The van der Waals surface area contributed by atoms with Crippen LogP contribution in [-0.4, -0.2) is 41.0 Å². The first-order valence-electron chi connectivity index (χ1n) is 8.67. The number of hydrogen-bond acceptors (Lipinski definition) is 4. The summed E-state index contributed by atoms with van der Waals surface area (Å²) in [4.78, 5) is 38.9. The van der Waals surface area contributed by atoms with Gasteiger partial charge in [-0.1, -0.05) is 0 Å². The second kappa shape index (κ2) is 7.27. The van der Waals surface area contributed by atoms with Crippen molar-refractivity contribution in [1.29, 1.82) is 0 Å². The van der Waals surface area contributed by atoms with Gasteiger partial charge in [0.2, 0.25) is 5.43 Å². The first kappa shape index (κ1) is 18.1.